The highest BCUT2D eigenvalue weighted by molar-refractivity contribution is 14.1. The fourth-order valence-corrected chi connectivity index (χ4v) is 1.93. The van der Waals surface area contributed by atoms with Gasteiger partial charge in [-0.25, -0.2) is 0 Å². The van der Waals surface area contributed by atoms with E-state index in [2.05, 4.69) is 27.3 Å². The van der Waals surface area contributed by atoms with Crippen LogP contribution in [0.4, 0.5) is 0 Å². The zero-order valence-corrected chi connectivity index (χ0v) is 12.6. The van der Waals surface area contributed by atoms with E-state index in [4.69, 9.17) is 10.5 Å². The first kappa shape index (κ1) is 16.5. The smallest absolute Gasteiger partial charge is 0.322 e. The van der Waals surface area contributed by atoms with E-state index in [0.717, 1.165) is 14.9 Å². The summed E-state index contributed by atoms with van der Waals surface area (Å²) in [5.74, 6) is 0.320. The van der Waals surface area contributed by atoms with Crippen LogP contribution in [-0.4, -0.2) is 26.2 Å². The molecule has 0 radical (unpaired) electrons. The monoisotopic (exact) mass is 371 g/mol. The summed E-state index contributed by atoms with van der Waals surface area (Å²) < 4.78 is 10.9. The Bertz CT molecular complexity index is 387. The summed E-state index contributed by atoms with van der Waals surface area (Å²) in [6, 6.07) is 5.09. The molecule has 0 aliphatic heterocycles. The number of carbonyl (C=O) groups excluding carboxylic acids is 1. The molecule has 0 saturated carbocycles. The molecular formula is C11H15ClINO3. The van der Waals surface area contributed by atoms with Crippen LogP contribution in [-0.2, 0) is 16.0 Å². The fourth-order valence-electron chi connectivity index (χ4n) is 1.38. The van der Waals surface area contributed by atoms with Crippen molar-refractivity contribution in [1.82, 2.24) is 0 Å². The van der Waals surface area contributed by atoms with E-state index in [0.29, 0.717) is 6.42 Å². The second-order valence-electron chi connectivity index (χ2n) is 3.29. The average Bonchev–Trinajstić information content (AvgIpc) is 2.28. The Hall–Kier alpha value is -0.530. The molecule has 0 aliphatic rings. The van der Waals surface area contributed by atoms with Gasteiger partial charge in [-0.2, -0.15) is 0 Å². The third-order valence-corrected chi connectivity index (χ3v) is 2.86. The maximum Gasteiger partial charge on any atom is 0.322 e. The standard InChI is InChI=1S/C11H14INO3.ClH/c1-15-10-4-3-8(12)5-7(10)6-9(13)11(14)16-2;/h3-5,9H,6,13H2,1-2H3;1H. The summed E-state index contributed by atoms with van der Waals surface area (Å²) in [6.07, 6.45) is 0.409. The van der Waals surface area contributed by atoms with Crippen LogP contribution >= 0.6 is 35.0 Å². The van der Waals surface area contributed by atoms with Crippen molar-refractivity contribution < 1.29 is 14.3 Å². The molecule has 6 heteroatoms. The summed E-state index contributed by atoms with van der Waals surface area (Å²) in [7, 11) is 2.92. The summed E-state index contributed by atoms with van der Waals surface area (Å²) >= 11 is 2.20. The Morgan fingerprint density at radius 2 is 2.12 bits per heavy atom. The minimum atomic E-state index is -0.655. The Morgan fingerprint density at radius 3 is 2.65 bits per heavy atom. The van der Waals surface area contributed by atoms with Crippen molar-refractivity contribution >= 4 is 41.0 Å². The summed E-state index contributed by atoms with van der Waals surface area (Å²) in [5, 5.41) is 0. The van der Waals surface area contributed by atoms with Crippen LogP contribution in [0.5, 0.6) is 5.75 Å². The molecule has 0 aromatic heterocycles. The Morgan fingerprint density at radius 1 is 1.47 bits per heavy atom. The topological polar surface area (TPSA) is 61.5 Å². The number of ether oxygens (including phenoxy) is 2. The first-order valence-electron chi connectivity index (χ1n) is 4.74. The highest BCUT2D eigenvalue weighted by Crippen LogP contribution is 2.22. The molecule has 0 aliphatic carbocycles. The van der Waals surface area contributed by atoms with Gasteiger partial charge in [0.05, 0.1) is 14.2 Å². The van der Waals surface area contributed by atoms with E-state index in [1.807, 2.05) is 18.2 Å². The first-order chi connectivity index (χ1) is 7.58. The normalized spacial score (nSPS) is 11.3. The van der Waals surface area contributed by atoms with Gasteiger partial charge in [0.25, 0.3) is 0 Å². The van der Waals surface area contributed by atoms with Crippen molar-refractivity contribution in [3.8, 4) is 5.75 Å². The molecule has 96 valence electrons. The van der Waals surface area contributed by atoms with E-state index in [-0.39, 0.29) is 12.4 Å². The van der Waals surface area contributed by atoms with Crippen LogP contribution in [0.1, 0.15) is 5.56 Å². The number of rotatable bonds is 4. The van der Waals surface area contributed by atoms with Gasteiger partial charge in [-0.15, -0.1) is 12.4 Å². The van der Waals surface area contributed by atoms with Crippen molar-refractivity contribution in [3.63, 3.8) is 0 Å². The van der Waals surface area contributed by atoms with E-state index in [9.17, 15) is 4.79 Å². The molecular weight excluding hydrogens is 356 g/mol. The van der Waals surface area contributed by atoms with Crippen LogP contribution in [0, 0.1) is 3.57 Å². The first-order valence-corrected chi connectivity index (χ1v) is 5.82. The molecule has 1 aromatic carbocycles. The molecule has 1 rings (SSSR count). The Kier molecular flexibility index (Phi) is 7.49. The van der Waals surface area contributed by atoms with Gasteiger partial charge in [0, 0.05) is 9.99 Å². The number of hydrogen-bond acceptors (Lipinski definition) is 4. The molecule has 1 unspecified atom stereocenters. The lowest BCUT2D eigenvalue weighted by molar-refractivity contribution is -0.142. The third kappa shape index (κ3) is 4.69. The summed E-state index contributed by atoms with van der Waals surface area (Å²) in [4.78, 5) is 11.2. The van der Waals surface area contributed by atoms with E-state index in [1.165, 1.54) is 7.11 Å². The number of halogens is 2. The number of hydrogen-bond donors (Lipinski definition) is 1. The molecule has 17 heavy (non-hydrogen) atoms. The van der Waals surface area contributed by atoms with E-state index in [1.54, 1.807) is 7.11 Å². The second-order valence-corrected chi connectivity index (χ2v) is 4.54. The zero-order valence-electron chi connectivity index (χ0n) is 9.60. The summed E-state index contributed by atoms with van der Waals surface area (Å²) in [5.41, 5.74) is 6.61. The molecule has 4 nitrogen and oxygen atoms in total. The summed E-state index contributed by atoms with van der Waals surface area (Å²) in [6.45, 7) is 0. The van der Waals surface area contributed by atoms with Gasteiger partial charge in [-0.3, -0.25) is 4.79 Å². The second kappa shape index (κ2) is 7.73. The van der Waals surface area contributed by atoms with Gasteiger partial charge >= 0.3 is 5.97 Å². The lowest BCUT2D eigenvalue weighted by Crippen LogP contribution is -2.33. The fraction of sp³-hybridized carbons (Fsp3) is 0.364. The van der Waals surface area contributed by atoms with Crippen molar-refractivity contribution in [2.24, 2.45) is 5.73 Å². The SMILES string of the molecule is COC(=O)C(N)Cc1cc(I)ccc1OC.Cl. The molecule has 1 atom stereocenters. The number of esters is 1. The lowest BCUT2D eigenvalue weighted by Gasteiger charge is -2.12. The lowest BCUT2D eigenvalue weighted by atomic mass is 10.1. The van der Waals surface area contributed by atoms with Crippen LogP contribution in [0.2, 0.25) is 0 Å². The molecule has 0 heterocycles. The van der Waals surface area contributed by atoms with Gasteiger partial charge in [0.15, 0.2) is 0 Å². The van der Waals surface area contributed by atoms with Crippen molar-refractivity contribution in [2.45, 2.75) is 12.5 Å². The van der Waals surface area contributed by atoms with Gasteiger partial charge in [-0.1, -0.05) is 0 Å². The molecule has 0 saturated heterocycles. The predicted molar refractivity (Wildman–Crippen MR) is 76.7 cm³/mol. The van der Waals surface area contributed by atoms with Crippen molar-refractivity contribution in [1.29, 1.82) is 0 Å². The van der Waals surface area contributed by atoms with Crippen LogP contribution < -0.4 is 10.5 Å². The third-order valence-electron chi connectivity index (χ3n) is 2.19. The van der Waals surface area contributed by atoms with Crippen molar-refractivity contribution in [2.75, 3.05) is 14.2 Å². The predicted octanol–water partition coefficient (Wildman–Crippen LogP) is 1.76. The maximum atomic E-state index is 11.2. The Balaban J connectivity index is 0.00000256. The van der Waals surface area contributed by atoms with Crippen LogP contribution in [0.15, 0.2) is 18.2 Å². The molecule has 0 spiro atoms. The highest BCUT2D eigenvalue weighted by atomic mass is 127. The molecule has 0 amide bonds. The van der Waals surface area contributed by atoms with Gasteiger partial charge in [0.1, 0.15) is 11.8 Å². The minimum Gasteiger partial charge on any atom is -0.496 e. The Labute approximate surface area is 120 Å². The van der Waals surface area contributed by atoms with Crippen molar-refractivity contribution in [3.05, 3.63) is 27.3 Å². The zero-order chi connectivity index (χ0) is 12.1. The number of benzene rings is 1. The minimum absolute atomic E-state index is 0. The molecule has 0 bridgehead atoms. The number of nitrogens with two attached hydrogens (primary N) is 1. The number of carbonyl (C=O) groups is 1. The molecule has 1 aromatic rings. The van der Waals surface area contributed by atoms with Crippen LogP contribution in [0.3, 0.4) is 0 Å². The molecule has 0 fully saturated rings. The van der Waals surface area contributed by atoms with Gasteiger partial charge < -0.3 is 15.2 Å². The largest absolute Gasteiger partial charge is 0.496 e. The van der Waals surface area contributed by atoms with Gasteiger partial charge in [-0.05, 0) is 46.4 Å². The maximum absolute atomic E-state index is 11.2. The highest BCUT2D eigenvalue weighted by Gasteiger charge is 2.16. The quantitative estimate of drug-likeness (QED) is 0.647. The molecule has 2 N–H and O–H groups in total. The average molecular weight is 372 g/mol. The van der Waals surface area contributed by atoms with E-state index >= 15 is 0 Å². The number of methoxy groups -OCH3 is 2. The van der Waals surface area contributed by atoms with Gasteiger partial charge in [0.2, 0.25) is 0 Å². The van der Waals surface area contributed by atoms with E-state index < -0.39 is 12.0 Å². The van der Waals surface area contributed by atoms with Crippen LogP contribution in [0.25, 0.3) is 0 Å².